The van der Waals surface area contributed by atoms with Crippen molar-refractivity contribution in [3.05, 3.63) is 41.5 Å². The van der Waals surface area contributed by atoms with Gasteiger partial charge in [0, 0.05) is 17.6 Å². The monoisotopic (exact) mass is 278 g/mol. The molecule has 0 unspecified atom stereocenters. The Bertz CT molecular complexity index is 562. The number of hydrogen-bond donors (Lipinski definition) is 2. The molecule has 0 aliphatic heterocycles. The van der Waals surface area contributed by atoms with Crippen LogP contribution in [0.15, 0.2) is 28.7 Å². The average molecular weight is 278 g/mol. The van der Waals surface area contributed by atoms with Gasteiger partial charge in [0.15, 0.2) is 0 Å². The SMILES string of the molecule is CC(C)(C)NCc1nnc(NCc2ccccc2F)o1. The minimum atomic E-state index is -0.255. The molecule has 108 valence electrons. The maximum atomic E-state index is 13.4. The summed E-state index contributed by atoms with van der Waals surface area (Å²) in [4.78, 5) is 0. The maximum Gasteiger partial charge on any atom is 0.315 e. The second-order valence-electron chi connectivity index (χ2n) is 5.55. The summed E-state index contributed by atoms with van der Waals surface area (Å²) in [6.45, 7) is 6.97. The summed E-state index contributed by atoms with van der Waals surface area (Å²) in [6.07, 6.45) is 0. The molecule has 0 radical (unpaired) electrons. The summed E-state index contributed by atoms with van der Waals surface area (Å²) >= 11 is 0. The molecular formula is C14H19FN4O. The second kappa shape index (κ2) is 6.00. The molecule has 1 heterocycles. The lowest BCUT2D eigenvalue weighted by Gasteiger charge is -2.18. The minimum Gasteiger partial charge on any atom is -0.407 e. The van der Waals surface area contributed by atoms with Crippen molar-refractivity contribution in [3.8, 4) is 0 Å². The molecule has 0 amide bonds. The lowest BCUT2D eigenvalue weighted by molar-refractivity contribution is 0.383. The van der Waals surface area contributed by atoms with Gasteiger partial charge in [-0.05, 0) is 26.8 Å². The van der Waals surface area contributed by atoms with Crippen molar-refractivity contribution >= 4 is 6.01 Å². The van der Waals surface area contributed by atoms with Gasteiger partial charge < -0.3 is 15.1 Å². The molecule has 2 rings (SSSR count). The van der Waals surface area contributed by atoms with Crippen LogP contribution in [0.4, 0.5) is 10.4 Å². The highest BCUT2D eigenvalue weighted by Gasteiger charge is 2.12. The Labute approximate surface area is 117 Å². The number of aromatic nitrogens is 2. The van der Waals surface area contributed by atoms with Crippen molar-refractivity contribution in [1.82, 2.24) is 15.5 Å². The first-order valence-corrected chi connectivity index (χ1v) is 6.49. The van der Waals surface area contributed by atoms with Gasteiger partial charge in [0.1, 0.15) is 5.82 Å². The fraction of sp³-hybridized carbons (Fsp3) is 0.429. The van der Waals surface area contributed by atoms with Gasteiger partial charge in [0.2, 0.25) is 5.89 Å². The van der Waals surface area contributed by atoms with Crippen LogP contribution in [0.25, 0.3) is 0 Å². The molecule has 0 aliphatic carbocycles. The van der Waals surface area contributed by atoms with E-state index in [2.05, 4.69) is 41.6 Å². The zero-order valence-corrected chi connectivity index (χ0v) is 11.9. The molecule has 0 atom stereocenters. The molecule has 6 heteroatoms. The molecule has 0 saturated carbocycles. The van der Waals surface area contributed by atoms with E-state index in [0.29, 0.717) is 30.6 Å². The standard InChI is InChI=1S/C14H19FN4O/c1-14(2,3)17-9-12-18-19-13(20-12)16-8-10-6-4-5-7-11(10)15/h4-7,17H,8-9H2,1-3H3,(H,16,19). The van der Waals surface area contributed by atoms with Crippen molar-refractivity contribution in [2.24, 2.45) is 0 Å². The fourth-order valence-corrected chi connectivity index (χ4v) is 1.55. The number of rotatable bonds is 5. The van der Waals surface area contributed by atoms with Crippen LogP contribution in [0.3, 0.4) is 0 Å². The van der Waals surface area contributed by atoms with Crippen molar-refractivity contribution < 1.29 is 8.81 Å². The van der Waals surface area contributed by atoms with E-state index < -0.39 is 0 Å². The quantitative estimate of drug-likeness (QED) is 0.880. The van der Waals surface area contributed by atoms with Crippen LogP contribution in [0.1, 0.15) is 32.2 Å². The van der Waals surface area contributed by atoms with Gasteiger partial charge in [-0.15, -0.1) is 5.10 Å². The third-order valence-electron chi connectivity index (χ3n) is 2.62. The van der Waals surface area contributed by atoms with Crippen molar-refractivity contribution in [2.45, 2.75) is 39.4 Å². The van der Waals surface area contributed by atoms with E-state index in [1.54, 1.807) is 18.2 Å². The molecule has 2 aromatic rings. The molecule has 20 heavy (non-hydrogen) atoms. The van der Waals surface area contributed by atoms with Gasteiger partial charge in [-0.3, -0.25) is 0 Å². The highest BCUT2D eigenvalue weighted by Crippen LogP contribution is 2.11. The molecule has 2 N–H and O–H groups in total. The highest BCUT2D eigenvalue weighted by atomic mass is 19.1. The molecule has 1 aromatic heterocycles. The van der Waals surface area contributed by atoms with E-state index >= 15 is 0 Å². The second-order valence-corrected chi connectivity index (χ2v) is 5.55. The van der Waals surface area contributed by atoms with Gasteiger partial charge in [-0.25, -0.2) is 4.39 Å². The average Bonchev–Trinajstić information content (AvgIpc) is 2.83. The zero-order chi connectivity index (χ0) is 14.6. The predicted molar refractivity (Wildman–Crippen MR) is 74.6 cm³/mol. The van der Waals surface area contributed by atoms with Crippen LogP contribution in [-0.2, 0) is 13.1 Å². The van der Waals surface area contributed by atoms with Gasteiger partial charge >= 0.3 is 6.01 Å². The van der Waals surface area contributed by atoms with E-state index in [1.807, 2.05) is 0 Å². The summed E-state index contributed by atoms with van der Waals surface area (Å²) in [7, 11) is 0. The van der Waals surface area contributed by atoms with E-state index in [0.717, 1.165) is 0 Å². The molecular weight excluding hydrogens is 259 g/mol. The number of nitrogens with zero attached hydrogens (tertiary/aromatic N) is 2. The summed E-state index contributed by atoms with van der Waals surface area (Å²) in [5.74, 6) is 0.241. The van der Waals surface area contributed by atoms with Crippen molar-refractivity contribution in [3.63, 3.8) is 0 Å². The van der Waals surface area contributed by atoms with E-state index in [9.17, 15) is 4.39 Å². The number of anilines is 1. The summed E-state index contributed by atoms with van der Waals surface area (Å²) < 4.78 is 18.9. The van der Waals surface area contributed by atoms with E-state index in [-0.39, 0.29) is 11.4 Å². The lowest BCUT2D eigenvalue weighted by Crippen LogP contribution is -2.35. The maximum absolute atomic E-state index is 13.4. The third-order valence-corrected chi connectivity index (χ3v) is 2.62. The van der Waals surface area contributed by atoms with Crippen molar-refractivity contribution in [2.75, 3.05) is 5.32 Å². The largest absolute Gasteiger partial charge is 0.407 e. The topological polar surface area (TPSA) is 63.0 Å². The Morgan fingerprint density at radius 2 is 1.90 bits per heavy atom. The summed E-state index contributed by atoms with van der Waals surface area (Å²) in [5.41, 5.74) is 0.537. The van der Waals surface area contributed by atoms with Gasteiger partial charge in [0.05, 0.1) is 6.54 Å². The first kappa shape index (κ1) is 14.5. The van der Waals surface area contributed by atoms with Crippen LogP contribution in [0.5, 0.6) is 0 Å². The summed E-state index contributed by atoms with van der Waals surface area (Å²) in [6, 6.07) is 6.86. The Hall–Kier alpha value is -1.95. The van der Waals surface area contributed by atoms with Gasteiger partial charge in [0.25, 0.3) is 0 Å². The van der Waals surface area contributed by atoms with Crippen LogP contribution < -0.4 is 10.6 Å². The third kappa shape index (κ3) is 4.31. The number of nitrogens with one attached hydrogen (secondary N) is 2. The van der Waals surface area contributed by atoms with E-state index in [1.165, 1.54) is 6.07 Å². The first-order valence-electron chi connectivity index (χ1n) is 6.49. The van der Waals surface area contributed by atoms with Gasteiger partial charge in [-0.1, -0.05) is 23.3 Å². The number of benzene rings is 1. The highest BCUT2D eigenvalue weighted by molar-refractivity contribution is 5.24. The number of hydrogen-bond acceptors (Lipinski definition) is 5. The summed E-state index contributed by atoms with van der Waals surface area (Å²) in [5, 5.41) is 14.0. The van der Waals surface area contributed by atoms with Crippen LogP contribution >= 0.6 is 0 Å². The van der Waals surface area contributed by atoms with Crippen LogP contribution in [0, 0.1) is 5.82 Å². The fourth-order valence-electron chi connectivity index (χ4n) is 1.55. The normalized spacial score (nSPS) is 11.6. The van der Waals surface area contributed by atoms with Crippen LogP contribution in [-0.4, -0.2) is 15.7 Å². The molecule has 0 spiro atoms. The van der Waals surface area contributed by atoms with Crippen LogP contribution in [0.2, 0.25) is 0 Å². The molecule has 0 saturated heterocycles. The predicted octanol–water partition coefficient (Wildman–Crippen LogP) is 2.71. The molecule has 5 nitrogen and oxygen atoms in total. The Kier molecular flexibility index (Phi) is 4.34. The number of halogens is 1. The smallest absolute Gasteiger partial charge is 0.315 e. The molecule has 0 bridgehead atoms. The van der Waals surface area contributed by atoms with E-state index in [4.69, 9.17) is 4.42 Å². The Morgan fingerprint density at radius 3 is 2.60 bits per heavy atom. The van der Waals surface area contributed by atoms with Crippen molar-refractivity contribution in [1.29, 1.82) is 0 Å². The zero-order valence-electron chi connectivity index (χ0n) is 11.9. The molecule has 0 aliphatic rings. The van der Waals surface area contributed by atoms with Gasteiger partial charge in [-0.2, -0.15) is 0 Å². The Balaban J connectivity index is 1.89. The minimum absolute atomic E-state index is 0.0186. The Morgan fingerprint density at radius 1 is 1.15 bits per heavy atom. The first-order chi connectivity index (χ1) is 9.44. The lowest BCUT2D eigenvalue weighted by atomic mass is 10.1. The molecule has 0 fully saturated rings. The molecule has 1 aromatic carbocycles.